The predicted octanol–water partition coefficient (Wildman–Crippen LogP) is 2.47. The van der Waals surface area contributed by atoms with Crippen molar-refractivity contribution in [3.05, 3.63) is 0 Å². The Kier molecular flexibility index (Phi) is 4.40. The summed E-state index contributed by atoms with van der Waals surface area (Å²) in [4.78, 5) is 5.64. The van der Waals surface area contributed by atoms with Gasteiger partial charge in [0.2, 0.25) is 0 Å². The number of rotatable bonds is 5. The van der Waals surface area contributed by atoms with E-state index >= 15 is 0 Å². The van der Waals surface area contributed by atoms with E-state index in [1.807, 2.05) is 0 Å². The third-order valence-corrected chi connectivity index (χ3v) is 6.22. The number of nitrogens with one attached hydrogen (secondary N) is 1. The molecule has 1 N–H and O–H groups in total. The molecular weight excluding hydrogens is 246 g/mol. The maximum Gasteiger partial charge on any atom is 0.0304 e. The largest absolute Gasteiger partial charge is 0.308 e. The highest BCUT2D eigenvalue weighted by Gasteiger charge is 2.42. The molecule has 1 aliphatic carbocycles. The van der Waals surface area contributed by atoms with E-state index in [1.54, 1.807) is 0 Å². The normalized spacial score (nSPS) is 35.5. The standard InChI is InChI=1S/C17H33N3/c1-4-14-11-18-17(5-2,6-3)13-20(14)16-9-10-19(12-16)15-7-8-15/h14-16,18H,4-13H2,1-3H3. The van der Waals surface area contributed by atoms with Gasteiger partial charge in [0, 0.05) is 49.8 Å². The van der Waals surface area contributed by atoms with Gasteiger partial charge in [-0.3, -0.25) is 9.80 Å². The minimum Gasteiger partial charge on any atom is -0.308 e. The summed E-state index contributed by atoms with van der Waals surface area (Å²) in [5.41, 5.74) is 0.374. The van der Waals surface area contributed by atoms with Crippen LogP contribution in [0.5, 0.6) is 0 Å². The summed E-state index contributed by atoms with van der Waals surface area (Å²) in [7, 11) is 0. The molecule has 116 valence electrons. The summed E-state index contributed by atoms with van der Waals surface area (Å²) >= 11 is 0. The summed E-state index contributed by atoms with van der Waals surface area (Å²) in [6.07, 6.45) is 8.12. The first-order valence-electron chi connectivity index (χ1n) is 8.96. The molecule has 0 amide bonds. The van der Waals surface area contributed by atoms with Crippen molar-refractivity contribution in [1.29, 1.82) is 0 Å². The molecule has 2 aliphatic heterocycles. The van der Waals surface area contributed by atoms with Gasteiger partial charge in [-0.2, -0.15) is 0 Å². The maximum atomic E-state index is 3.88. The molecule has 2 saturated heterocycles. The Morgan fingerprint density at radius 1 is 1.05 bits per heavy atom. The quantitative estimate of drug-likeness (QED) is 0.834. The van der Waals surface area contributed by atoms with Crippen molar-refractivity contribution < 1.29 is 0 Å². The molecule has 3 fully saturated rings. The van der Waals surface area contributed by atoms with Crippen molar-refractivity contribution in [2.45, 2.75) is 83.0 Å². The summed E-state index contributed by atoms with van der Waals surface area (Å²) < 4.78 is 0. The second kappa shape index (κ2) is 5.94. The molecule has 0 aromatic rings. The molecular formula is C17H33N3. The van der Waals surface area contributed by atoms with Crippen LogP contribution in [0.1, 0.15) is 59.3 Å². The minimum atomic E-state index is 0.374. The maximum absolute atomic E-state index is 3.88. The molecule has 0 radical (unpaired) electrons. The van der Waals surface area contributed by atoms with Crippen molar-refractivity contribution in [2.24, 2.45) is 0 Å². The molecule has 0 bridgehead atoms. The molecule has 3 nitrogen and oxygen atoms in total. The van der Waals surface area contributed by atoms with Gasteiger partial charge in [-0.15, -0.1) is 0 Å². The first-order chi connectivity index (χ1) is 9.71. The van der Waals surface area contributed by atoms with Gasteiger partial charge in [0.25, 0.3) is 0 Å². The van der Waals surface area contributed by atoms with E-state index in [4.69, 9.17) is 0 Å². The van der Waals surface area contributed by atoms with E-state index in [-0.39, 0.29) is 0 Å². The van der Waals surface area contributed by atoms with E-state index in [0.717, 1.165) is 18.1 Å². The zero-order chi connectivity index (χ0) is 14.2. The molecule has 3 aliphatic rings. The Morgan fingerprint density at radius 3 is 2.40 bits per heavy atom. The van der Waals surface area contributed by atoms with Crippen LogP contribution < -0.4 is 5.32 Å². The second-order valence-electron chi connectivity index (χ2n) is 7.27. The summed E-state index contributed by atoms with van der Waals surface area (Å²) in [6.45, 7) is 12.2. The van der Waals surface area contributed by atoms with Crippen molar-refractivity contribution in [3.8, 4) is 0 Å². The van der Waals surface area contributed by atoms with Crippen LogP contribution in [-0.2, 0) is 0 Å². The number of hydrogen-bond donors (Lipinski definition) is 1. The highest BCUT2D eigenvalue weighted by Crippen LogP contribution is 2.33. The lowest BCUT2D eigenvalue weighted by Gasteiger charge is -2.49. The van der Waals surface area contributed by atoms with E-state index < -0.39 is 0 Å². The molecule has 20 heavy (non-hydrogen) atoms. The van der Waals surface area contributed by atoms with Gasteiger partial charge in [-0.1, -0.05) is 20.8 Å². The summed E-state index contributed by atoms with van der Waals surface area (Å²) in [5, 5.41) is 3.88. The fourth-order valence-electron chi connectivity index (χ4n) is 4.33. The lowest BCUT2D eigenvalue weighted by atomic mass is 9.87. The van der Waals surface area contributed by atoms with Gasteiger partial charge < -0.3 is 5.32 Å². The van der Waals surface area contributed by atoms with E-state index in [2.05, 4.69) is 35.9 Å². The molecule has 1 saturated carbocycles. The third kappa shape index (κ3) is 2.77. The predicted molar refractivity (Wildman–Crippen MR) is 85.1 cm³/mol. The van der Waals surface area contributed by atoms with Crippen molar-refractivity contribution >= 4 is 0 Å². The van der Waals surface area contributed by atoms with Crippen LogP contribution in [0.2, 0.25) is 0 Å². The Hall–Kier alpha value is -0.120. The topological polar surface area (TPSA) is 18.5 Å². The smallest absolute Gasteiger partial charge is 0.0304 e. The van der Waals surface area contributed by atoms with Crippen molar-refractivity contribution in [2.75, 3.05) is 26.2 Å². The molecule has 3 heteroatoms. The van der Waals surface area contributed by atoms with Crippen molar-refractivity contribution in [3.63, 3.8) is 0 Å². The first-order valence-corrected chi connectivity index (χ1v) is 8.96. The first kappa shape index (κ1) is 14.8. The van der Waals surface area contributed by atoms with Crippen LogP contribution in [0, 0.1) is 0 Å². The number of likely N-dealkylation sites (tertiary alicyclic amines) is 1. The van der Waals surface area contributed by atoms with Crippen LogP contribution in [0.15, 0.2) is 0 Å². The Labute approximate surface area is 125 Å². The zero-order valence-corrected chi connectivity index (χ0v) is 13.7. The van der Waals surface area contributed by atoms with Crippen LogP contribution >= 0.6 is 0 Å². The molecule has 0 aromatic carbocycles. The highest BCUT2D eigenvalue weighted by atomic mass is 15.3. The van der Waals surface area contributed by atoms with Gasteiger partial charge in [0.1, 0.15) is 0 Å². The molecule has 3 rings (SSSR count). The van der Waals surface area contributed by atoms with Gasteiger partial charge in [-0.25, -0.2) is 0 Å². The second-order valence-corrected chi connectivity index (χ2v) is 7.27. The van der Waals surface area contributed by atoms with Gasteiger partial charge in [-0.05, 0) is 38.5 Å². The SMILES string of the molecule is CCC1CNC(CC)(CC)CN1C1CCN(C2CC2)C1. The summed E-state index contributed by atoms with van der Waals surface area (Å²) in [6, 6.07) is 2.52. The van der Waals surface area contributed by atoms with Crippen LogP contribution in [0.4, 0.5) is 0 Å². The van der Waals surface area contributed by atoms with Gasteiger partial charge in [0.05, 0.1) is 0 Å². The molecule has 0 aromatic heterocycles. The average molecular weight is 279 g/mol. The Balaban J connectivity index is 1.67. The Bertz CT molecular complexity index is 322. The molecule has 2 heterocycles. The van der Waals surface area contributed by atoms with Crippen LogP contribution in [0.25, 0.3) is 0 Å². The average Bonchev–Trinajstić information content (AvgIpc) is 3.24. The van der Waals surface area contributed by atoms with Gasteiger partial charge >= 0.3 is 0 Å². The Morgan fingerprint density at radius 2 is 1.80 bits per heavy atom. The monoisotopic (exact) mass is 279 g/mol. The summed E-state index contributed by atoms with van der Waals surface area (Å²) in [5.74, 6) is 0. The number of piperazine rings is 1. The molecule has 2 atom stereocenters. The van der Waals surface area contributed by atoms with E-state index in [9.17, 15) is 0 Å². The van der Waals surface area contributed by atoms with Crippen LogP contribution in [-0.4, -0.2) is 59.6 Å². The molecule has 0 spiro atoms. The van der Waals surface area contributed by atoms with Gasteiger partial charge in [0.15, 0.2) is 0 Å². The fourth-order valence-corrected chi connectivity index (χ4v) is 4.33. The number of nitrogens with zero attached hydrogens (tertiary/aromatic N) is 2. The fraction of sp³-hybridized carbons (Fsp3) is 1.00. The zero-order valence-electron chi connectivity index (χ0n) is 13.7. The third-order valence-electron chi connectivity index (χ3n) is 6.22. The molecule has 2 unspecified atom stereocenters. The van der Waals surface area contributed by atoms with E-state index in [0.29, 0.717) is 5.54 Å². The lowest BCUT2D eigenvalue weighted by molar-refractivity contribution is 0.0371. The van der Waals surface area contributed by atoms with Crippen LogP contribution in [0.3, 0.4) is 0 Å². The highest BCUT2D eigenvalue weighted by molar-refractivity contribution is 5.01. The number of hydrogen-bond acceptors (Lipinski definition) is 3. The lowest BCUT2D eigenvalue weighted by Crippen LogP contribution is -2.66. The minimum absolute atomic E-state index is 0.374. The van der Waals surface area contributed by atoms with Crippen molar-refractivity contribution in [1.82, 2.24) is 15.1 Å². The van der Waals surface area contributed by atoms with E-state index in [1.165, 1.54) is 64.7 Å².